The van der Waals surface area contributed by atoms with Crippen LogP contribution in [0, 0.1) is 30.0 Å². The summed E-state index contributed by atoms with van der Waals surface area (Å²) in [6.45, 7) is 8.28. The number of aromatic nitrogens is 1. The third-order valence-corrected chi connectivity index (χ3v) is 14.4. The van der Waals surface area contributed by atoms with E-state index >= 15 is 4.39 Å². The molecule has 3 fully saturated rings. The lowest BCUT2D eigenvalue weighted by Gasteiger charge is -2.38. The summed E-state index contributed by atoms with van der Waals surface area (Å²) in [5.41, 5.74) is -2.66. The second-order valence-electron chi connectivity index (χ2n) is 17.8. The third kappa shape index (κ3) is 7.64. The Kier molecular flexibility index (Phi) is 9.94. The maximum Gasteiger partial charge on any atom is 0.307 e. The van der Waals surface area contributed by atoms with Gasteiger partial charge in [-0.15, -0.1) is 0 Å². The number of ether oxygens (including phenoxy) is 2. The molecule has 1 saturated heterocycles. The number of hydrogen-bond acceptors (Lipinski definition) is 9. The first kappa shape index (κ1) is 39.3. The summed E-state index contributed by atoms with van der Waals surface area (Å²) in [4.78, 5) is 62.5. The van der Waals surface area contributed by atoms with E-state index < -0.39 is 78.9 Å². The lowest BCUT2D eigenvalue weighted by Crippen LogP contribution is -2.48. The molecule has 6 atom stereocenters. The summed E-state index contributed by atoms with van der Waals surface area (Å²) in [5, 5.41) is 0.401. The van der Waals surface area contributed by atoms with Gasteiger partial charge in [-0.05, 0) is 91.2 Å². The van der Waals surface area contributed by atoms with Gasteiger partial charge >= 0.3 is 5.97 Å². The number of alkyl halides is 1. The standard InChI is InChI=1S/C41H51F2N3O8S/c1-24-35-34(28-14-13-27(42)18-30(28)44-24)29(43)20-40(54-35)21-31-32(47)22-41(37(50)45-55(51,52)39(5)15-16-39)19-26(41)12-10-8-6-7-9-11-25(36(49)46(31)23-40)17-33(48)53-38(2,3)4/h10,12-14,18,25-26,29,31H,6-9,11,15-17,19-23H2,1-5H3,(H,45,50)/b12-10-/t25-,26-,29?,31+,40?,41-/m1/s1. The molecule has 5 aliphatic rings. The Morgan fingerprint density at radius 1 is 1.11 bits per heavy atom. The number of fused-ring (bicyclic) bond motifs is 5. The number of carbonyl (C=O) groups is 4. The van der Waals surface area contributed by atoms with Gasteiger partial charge < -0.3 is 14.4 Å². The van der Waals surface area contributed by atoms with Gasteiger partial charge in [0.15, 0.2) is 5.78 Å². The van der Waals surface area contributed by atoms with Crippen LogP contribution in [-0.4, -0.2) is 70.4 Å². The number of carbonyl (C=O) groups excluding carboxylic acids is 4. The average Bonchev–Trinajstić information content (AvgIpc) is 3.97. The zero-order valence-electron chi connectivity index (χ0n) is 32.2. The molecule has 55 heavy (non-hydrogen) atoms. The van der Waals surface area contributed by atoms with Crippen LogP contribution in [0.1, 0.15) is 122 Å². The number of pyridine rings is 1. The van der Waals surface area contributed by atoms with Gasteiger partial charge in [-0.3, -0.25) is 23.9 Å². The Balaban J connectivity index is 1.25. The van der Waals surface area contributed by atoms with Crippen molar-refractivity contribution in [2.45, 2.75) is 140 Å². The van der Waals surface area contributed by atoms with Crippen molar-refractivity contribution >= 4 is 44.5 Å². The number of sulfonamides is 1. The molecular weight excluding hydrogens is 733 g/mol. The van der Waals surface area contributed by atoms with Gasteiger partial charge in [0.2, 0.25) is 21.8 Å². The second kappa shape index (κ2) is 13.9. The van der Waals surface area contributed by atoms with Crippen LogP contribution in [0.5, 0.6) is 5.75 Å². The van der Waals surface area contributed by atoms with Crippen molar-refractivity contribution in [3.63, 3.8) is 0 Å². The highest BCUT2D eigenvalue weighted by Gasteiger charge is 2.64. The molecule has 4 heterocycles. The molecule has 1 aromatic carbocycles. The Bertz CT molecular complexity index is 2080. The minimum atomic E-state index is -4.00. The average molecular weight is 784 g/mol. The first-order valence-corrected chi connectivity index (χ1v) is 21.0. The molecule has 2 aromatic rings. The topological polar surface area (TPSA) is 149 Å². The van der Waals surface area contributed by atoms with Crippen molar-refractivity contribution in [2.24, 2.45) is 17.3 Å². The highest BCUT2D eigenvalue weighted by Crippen LogP contribution is 2.58. The lowest BCUT2D eigenvalue weighted by atomic mass is 9.84. The molecule has 2 aliphatic carbocycles. The van der Waals surface area contributed by atoms with Gasteiger partial charge in [0, 0.05) is 42.2 Å². The Hall–Kier alpha value is -3.94. The maximum atomic E-state index is 16.6. The largest absolute Gasteiger partial charge is 0.483 e. The number of amides is 2. The van der Waals surface area contributed by atoms with Gasteiger partial charge in [0.05, 0.1) is 40.4 Å². The van der Waals surface area contributed by atoms with Crippen molar-refractivity contribution in [3.8, 4) is 5.75 Å². The van der Waals surface area contributed by atoms with Crippen molar-refractivity contribution in [1.29, 1.82) is 0 Å². The third-order valence-electron chi connectivity index (χ3n) is 12.2. The van der Waals surface area contributed by atoms with E-state index in [-0.39, 0.29) is 61.4 Å². The Labute approximate surface area is 321 Å². The fraction of sp³-hybridized carbons (Fsp3) is 0.634. The number of hydrogen-bond donors (Lipinski definition) is 1. The fourth-order valence-corrected chi connectivity index (χ4v) is 10.1. The molecule has 1 aromatic heterocycles. The van der Waals surface area contributed by atoms with Crippen molar-refractivity contribution in [1.82, 2.24) is 14.6 Å². The Morgan fingerprint density at radius 2 is 1.85 bits per heavy atom. The number of halogens is 2. The van der Waals surface area contributed by atoms with Crippen LogP contribution >= 0.6 is 0 Å². The summed E-state index contributed by atoms with van der Waals surface area (Å²) in [7, 11) is -4.00. The number of nitrogens with zero attached hydrogens (tertiary/aromatic N) is 2. The SMILES string of the molecule is Cc1nc2cc(F)ccc2c2c1OC1(CC2F)C[C@H]2C(=O)C[C@]3(C(=O)NS(=O)(=O)C4(C)CC4)C[C@H]3/C=C\CCCCC[C@H](CC(=O)OC(C)(C)C)C(=O)N2C1. The summed E-state index contributed by atoms with van der Waals surface area (Å²) in [5.74, 6) is -3.78. The molecule has 1 spiro atoms. The van der Waals surface area contributed by atoms with E-state index in [0.717, 1.165) is 12.8 Å². The van der Waals surface area contributed by atoms with Crippen LogP contribution in [0.4, 0.5) is 8.78 Å². The molecule has 0 bridgehead atoms. The van der Waals surface area contributed by atoms with Crippen LogP contribution in [0.15, 0.2) is 30.4 Å². The second-order valence-corrected chi connectivity index (χ2v) is 20.0. The van der Waals surface area contributed by atoms with Crippen LogP contribution in [0.2, 0.25) is 0 Å². The molecule has 298 valence electrons. The first-order valence-electron chi connectivity index (χ1n) is 19.5. The minimum Gasteiger partial charge on any atom is -0.483 e. The zero-order chi connectivity index (χ0) is 39.7. The summed E-state index contributed by atoms with van der Waals surface area (Å²) in [6.07, 6.45) is 5.74. The van der Waals surface area contributed by atoms with Crippen LogP contribution in [0.25, 0.3) is 10.9 Å². The molecule has 3 aliphatic heterocycles. The monoisotopic (exact) mass is 783 g/mol. The molecule has 1 N–H and O–H groups in total. The molecule has 14 heteroatoms. The number of esters is 1. The quantitative estimate of drug-likeness (QED) is 0.260. The van der Waals surface area contributed by atoms with Crippen molar-refractivity contribution in [2.75, 3.05) is 6.54 Å². The minimum absolute atomic E-state index is 0.0912. The molecule has 2 amide bonds. The van der Waals surface area contributed by atoms with E-state index in [1.54, 1.807) is 34.6 Å². The number of nitrogens with one attached hydrogen (secondary N) is 1. The first-order chi connectivity index (χ1) is 25.8. The number of benzene rings is 1. The predicted octanol–water partition coefficient (Wildman–Crippen LogP) is 6.65. The zero-order valence-corrected chi connectivity index (χ0v) is 33.0. The van der Waals surface area contributed by atoms with Gasteiger partial charge in [0.1, 0.15) is 28.9 Å². The molecule has 11 nitrogen and oxygen atoms in total. The van der Waals surface area contributed by atoms with E-state index in [2.05, 4.69) is 9.71 Å². The fourth-order valence-electron chi connectivity index (χ4n) is 8.76. The predicted molar refractivity (Wildman–Crippen MR) is 199 cm³/mol. The lowest BCUT2D eigenvalue weighted by molar-refractivity contribution is -0.159. The number of rotatable bonds is 5. The smallest absolute Gasteiger partial charge is 0.307 e. The van der Waals surface area contributed by atoms with E-state index in [1.807, 2.05) is 12.2 Å². The van der Waals surface area contributed by atoms with E-state index in [1.165, 1.54) is 23.1 Å². The molecular formula is C41H51F2N3O8S. The molecule has 2 saturated carbocycles. The van der Waals surface area contributed by atoms with Gasteiger partial charge in [-0.25, -0.2) is 22.2 Å². The number of Topliss-reactive ketones (excluding diaryl/α,β-unsaturated/α-hetero) is 1. The maximum absolute atomic E-state index is 16.6. The highest BCUT2D eigenvalue weighted by molar-refractivity contribution is 7.91. The van der Waals surface area contributed by atoms with Crippen LogP contribution < -0.4 is 9.46 Å². The van der Waals surface area contributed by atoms with Gasteiger partial charge in [-0.1, -0.05) is 25.0 Å². The summed E-state index contributed by atoms with van der Waals surface area (Å²) >= 11 is 0. The summed E-state index contributed by atoms with van der Waals surface area (Å²) in [6, 6.07) is 2.78. The number of ketones is 1. The van der Waals surface area contributed by atoms with Crippen molar-refractivity contribution in [3.05, 3.63) is 47.4 Å². The van der Waals surface area contributed by atoms with Gasteiger partial charge in [-0.2, -0.15) is 0 Å². The molecule has 2 unspecified atom stereocenters. The molecule has 7 rings (SSSR count). The number of aryl methyl sites for hydroxylation is 1. The Morgan fingerprint density at radius 3 is 2.56 bits per heavy atom. The number of allylic oxidation sites excluding steroid dienone is 2. The highest BCUT2D eigenvalue weighted by atomic mass is 32.2. The van der Waals surface area contributed by atoms with E-state index in [4.69, 9.17) is 9.47 Å². The summed E-state index contributed by atoms with van der Waals surface area (Å²) < 4.78 is 70.7. The van der Waals surface area contributed by atoms with E-state index in [9.17, 15) is 32.0 Å². The van der Waals surface area contributed by atoms with Crippen LogP contribution in [0.3, 0.4) is 0 Å². The normalized spacial score (nSPS) is 31.3. The van der Waals surface area contributed by atoms with Gasteiger partial charge in [0.25, 0.3) is 0 Å². The molecule has 0 radical (unpaired) electrons. The van der Waals surface area contributed by atoms with E-state index in [0.29, 0.717) is 43.2 Å². The van der Waals surface area contributed by atoms with Crippen LogP contribution in [-0.2, 0) is 33.9 Å². The van der Waals surface area contributed by atoms with Crippen molar-refractivity contribution < 1.29 is 45.9 Å².